The second-order valence-electron chi connectivity index (χ2n) is 7.82. The Hall–Kier alpha value is -2.82. The van der Waals surface area contributed by atoms with Crippen LogP contribution in [0.1, 0.15) is 50.1 Å². The van der Waals surface area contributed by atoms with Gasteiger partial charge >= 0.3 is 0 Å². The summed E-state index contributed by atoms with van der Waals surface area (Å²) in [5, 5.41) is 0. The normalized spacial score (nSPS) is 18.2. The van der Waals surface area contributed by atoms with Gasteiger partial charge in [0, 0.05) is 52.3 Å². The molecule has 3 aromatic heterocycles. The fourth-order valence-electron chi connectivity index (χ4n) is 4.28. The standard InChI is InChI=1S/C20H19N5/c1-19(2)12-7-21-6-5-15(12)25-16-10-23-11-24-18(16)20(3,4)14-9-22-8-13(19)17(14)25/h5-11H,1-4H3. The van der Waals surface area contributed by atoms with Crippen LogP contribution in [-0.4, -0.2) is 19.9 Å². The highest BCUT2D eigenvalue weighted by molar-refractivity contribution is 5.91. The molecule has 2 aliphatic rings. The molecule has 5 heterocycles. The Balaban J connectivity index is 1.97. The van der Waals surface area contributed by atoms with Crippen LogP contribution in [0.5, 0.6) is 0 Å². The summed E-state index contributed by atoms with van der Waals surface area (Å²) in [7, 11) is 0. The lowest BCUT2D eigenvalue weighted by Gasteiger charge is -2.47. The molecule has 5 heteroatoms. The Kier molecular flexibility index (Phi) is 2.57. The lowest BCUT2D eigenvalue weighted by Crippen LogP contribution is -2.39. The number of hydrogen-bond donors (Lipinski definition) is 0. The summed E-state index contributed by atoms with van der Waals surface area (Å²) in [6.45, 7) is 8.91. The van der Waals surface area contributed by atoms with Crippen LogP contribution in [0.3, 0.4) is 0 Å². The molecule has 0 saturated carbocycles. The minimum atomic E-state index is -0.228. The molecule has 0 N–H and O–H groups in total. The smallest absolute Gasteiger partial charge is 0.115 e. The van der Waals surface area contributed by atoms with Crippen LogP contribution in [0.4, 0.5) is 17.1 Å². The molecule has 0 bridgehead atoms. The number of pyridine rings is 2. The molecule has 5 nitrogen and oxygen atoms in total. The summed E-state index contributed by atoms with van der Waals surface area (Å²) in [4.78, 5) is 20.2. The van der Waals surface area contributed by atoms with Crippen LogP contribution in [0.15, 0.2) is 43.4 Å². The van der Waals surface area contributed by atoms with Gasteiger partial charge in [0.05, 0.1) is 29.0 Å². The van der Waals surface area contributed by atoms with Gasteiger partial charge in [-0.05, 0) is 19.9 Å². The Labute approximate surface area is 146 Å². The van der Waals surface area contributed by atoms with Crippen LogP contribution < -0.4 is 4.90 Å². The van der Waals surface area contributed by atoms with Crippen molar-refractivity contribution in [1.82, 2.24) is 19.9 Å². The average Bonchev–Trinajstić information content (AvgIpc) is 2.61. The van der Waals surface area contributed by atoms with E-state index in [0.717, 1.165) is 17.1 Å². The Morgan fingerprint density at radius 3 is 2.28 bits per heavy atom. The summed E-state index contributed by atoms with van der Waals surface area (Å²) < 4.78 is 0. The maximum atomic E-state index is 4.64. The molecule has 0 spiro atoms. The van der Waals surface area contributed by atoms with Gasteiger partial charge < -0.3 is 4.90 Å². The number of hydrogen-bond acceptors (Lipinski definition) is 5. The monoisotopic (exact) mass is 329 g/mol. The van der Waals surface area contributed by atoms with E-state index < -0.39 is 0 Å². The molecule has 3 aromatic rings. The fraction of sp³-hybridized carbons (Fsp3) is 0.300. The van der Waals surface area contributed by atoms with Gasteiger partial charge in [0.15, 0.2) is 0 Å². The van der Waals surface area contributed by atoms with E-state index in [4.69, 9.17) is 0 Å². The summed E-state index contributed by atoms with van der Waals surface area (Å²) >= 11 is 0. The van der Waals surface area contributed by atoms with Gasteiger partial charge in [-0.25, -0.2) is 9.97 Å². The molecule has 25 heavy (non-hydrogen) atoms. The Morgan fingerprint density at radius 1 is 0.760 bits per heavy atom. The number of rotatable bonds is 0. The lowest BCUT2D eigenvalue weighted by atomic mass is 9.69. The second-order valence-corrected chi connectivity index (χ2v) is 7.82. The zero-order valence-corrected chi connectivity index (χ0v) is 14.8. The molecule has 0 aliphatic carbocycles. The third-order valence-electron chi connectivity index (χ3n) is 5.73. The number of nitrogens with zero attached hydrogens (tertiary/aromatic N) is 5. The van der Waals surface area contributed by atoms with Crippen LogP contribution in [-0.2, 0) is 10.8 Å². The van der Waals surface area contributed by atoms with Crippen molar-refractivity contribution in [3.05, 3.63) is 65.8 Å². The van der Waals surface area contributed by atoms with Gasteiger partial charge in [-0.1, -0.05) is 13.8 Å². The van der Waals surface area contributed by atoms with Crippen LogP contribution >= 0.6 is 0 Å². The zero-order valence-electron chi connectivity index (χ0n) is 14.8. The van der Waals surface area contributed by atoms with Gasteiger partial charge in [0.2, 0.25) is 0 Å². The predicted molar refractivity (Wildman–Crippen MR) is 96.6 cm³/mol. The summed E-state index contributed by atoms with van der Waals surface area (Å²) in [5.74, 6) is 0. The molecule has 0 atom stereocenters. The minimum absolute atomic E-state index is 0.165. The first-order chi connectivity index (χ1) is 11.9. The first-order valence-corrected chi connectivity index (χ1v) is 8.48. The first-order valence-electron chi connectivity index (χ1n) is 8.48. The maximum absolute atomic E-state index is 4.64. The highest BCUT2D eigenvalue weighted by atomic mass is 15.2. The Morgan fingerprint density at radius 2 is 1.48 bits per heavy atom. The first kappa shape index (κ1) is 14.5. The molecule has 0 fully saturated rings. The lowest BCUT2D eigenvalue weighted by molar-refractivity contribution is 0.576. The summed E-state index contributed by atoms with van der Waals surface area (Å²) in [6, 6.07) is 2.08. The summed E-state index contributed by atoms with van der Waals surface area (Å²) in [5.41, 5.74) is 7.63. The molecule has 0 saturated heterocycles. The molecule has 124 valence electrons. The predicted octanol–water partition coefficient (Wildman–Crippen LogP) is 4.02. The highest BCUT2D eigenvalue weighted by Gasteiger charge is 2.46. The number of aromatic nitrogens is 4. The van der Waals surface area contributed by atoms with E-state index in [2.05, 4.69) is 58.6 Å². The van der Waals surface area contributed by atoms with Crippen molar-refractivity contribution in [2.24, 2.45) is 0 Å². The summed E-state index contributed by atoms with van der Waals surface area (Å²) in [6.07, 6.45) is 11.3. The maximum Gasteiger partial charge on any atom is 0.115 e. The minimum Gasteiger partial charge on any atom is -0.306 e. The largest absolute Gasteiger partial charge is 0.306 e. The van der Waals surface area contributed by atoms with Gasteiger partial charge in [-0.15, -0.1) is 0 Å². The van der Waals surface area contributed by atoms with Crippen LogP contribution in [0, 0.1) is 0 Å². The van der Waals surface area contributed by atoms with E-state index in [-0.39, 0.29) is 10.8 Å². The molecule has 0 amide bonds. The van der Waals surface area contributed by atoms with Crippen LogP contribution in [0.2, 0.25) is 0 Å². The topological polar surface area (TPSA) is 54.8 Å². The second kappa shape index (κ2) is 4.42. The van der Waals surface area contributed by atoms with Crippen molar-refractivity contribution in [2.45, 2.75) is 38.5 Å². The van der Waals surface area contributed by atoms with Crippen molar-refractivity contribution in [1.29, 1.82) is 0 Å². The fourth-order valence-corrected chi connectivity index (χ4v) is 4.28. The van der Waals surface area contributed by atoms with Gasteiger partial charge in [0.25, 0.3) is 0 Å². The Bertz CT molecular complexity index is 944. The van der Waals surface area contributed by atoms with Gasteiger partial charge in [0.1, 0.15) is 6.33 Å². The zero-order chi connectivity index (χ0) is 17.4. The van der Waals surface area contributed by atoms with E-state index in [0.29, 0.717) is 0 Å². The van der Waals surface area contributed by atoms with Crippen molar-refractivity contribution >= 4 is 17.1 Å². The average molecular weight is 329 g/mol. The molecular weight excluding hydrogens is 310 g/mol. The molecule has 2 aliphatic heterocycles. The number of anilines is 3. The van der Waals surface area contributed by atoms with Crippen molar-refractivity contribution in [3.8, 4) is 0 Å². The highest BCUT2D eigenvalue weighted by Crippen LogP contribution is 2.58. The molecular formula is C20H19N5. The SMILES string of the molecule is CC1(C)c2cnccc2N2c3cncnc3C(C)(C)c3cncc1c32. The number of fused-ring (bicyclic) bond motifs is 4. The third-order valence-corrected chi connectivity index (χ3v) is 5.73. The van der Waals surface area contributed by atoms with E-state index in [1.54, 1.807) is 6.33 Å². The quantitative estimate of drug-likeness (QED) is 0.623. The van der Waals surface area contributed by atoms with E-state index in [1.807, 2.05) is 31.0 Å². The van der Waals surface area contributed by atoms with Crippen LogP contribution in [0.25, 0.3) is 0 Å². The van der Waals surface area contributed by atoms with E-state index >= 15 is 0 Å². The molecule has 5 rings (SSSR count). The van der Waals surface area contributed by atoms with E-state index in [9.17, 15) is 0 Å². The van der Waals surface area contributed by atoms with Gasteiger partial charge in [-0.2, -0.15) is 0 Å². The van der Waals surface area contributed by atoms with Crippen molar-refractivity contribution in [2.75, 3.05) is 4.90 Å². The molecule has 0 unspecified atom stereocenters. The third kappa shape index (κ3) is 1.63. The van der Waals surface area contributed by atoms with Crippen molar-refractivity contribution < 1.29 is 0 Å². The van der Waals surface area contributed by atoms with Gasteiger partial charge in [-0.3, -0.25) is 9.97 Å². The van der Waals surface area contributed by atoms with Crippen molar-refractivity contribution in [3.63, 3.8) is 0 Å². The molecule has 0 radical (unpaired) electrons. The molecule has 0 aromatic carbocycles. The van der Waals surface area contributed by atoms with E-state index in [1.165, 1.54) is 22.4 Å².